The molecule has 0 bridgehead atoms. The van der Waals surface area contributed by atoms with Gasteiger partial charge in [-0.1, -0.05) is 39.0 Å². The van der Waals surface area contributed by atoms with Gasteiger partial charge in [-0.3, -0.25) is 4.99 Å². The Labute approximate surface area is 127 Å². The average Bonchev–Trinajstić information content (AvgIpc) is 2.91. The molecule has 0 saturated carbocycles. The zero-order chi connectivity index (χ0) is 15.5. The molecule has 0 spiro atoms. The summed E-state index contributed by atoms with van der Waals surface area (Å²) in [6.07, 6.45) is 5.30. The van der Waals surface area contributed by atoms with E-state index >= 15 is 0 Å². The van der Waals surface area contributed by atoms with E-state index in [0.717, 1.165) is 17.7 Å². The molecule has 0 fully saturated rings. The van der Waals surface area contributed by atoms with Gasteiger partial charge in [-0.15, -0.1) is 0 Å². The summed E-state index contributed by atoms with van der Waals surface area (Å²) < 4.78 is 27.0. The predicted octanol–water partition coefficient (Wildman–Crippen LogP) is 3.01. The largest absolute Gasteiger partial charge is 0.266 e. The summed E-state index contributed by atoms with van der Waals surface area (Å²) in [5.74, 6) is 0. The lowest BCUT2D eigenvalue weighted by atomic mass is 9.87. The molecule has 1 N–H and O–H groups in total. The van der Waals surface area contributed by atoms with E-state index in [-0.39, 0.29) is 5.41 Å². The number of nitrogens with zero attached hydrogens (tertiary/aromatic N) is 1. The van der Waals surface area contributed by atoms with Crippen molar-refractivity contribution in [1.82, 2.24) is 4.72 Å². The number of hydrogen-bond donors (Lipinski definition) is 1. The minimum absolute atomic E-state index is 0.0165. The summed E-state index contributed by atoms with van der Waals surface area (Å²) in [4.78, 5) is 4.47. The molecule has 1 aliphatic heterocycles. The maximum Gasteiger partial charge on any atom is 0.240 e. The summed E-state index contributed by atoms with van der Waals surface area (Å²) in [5, 5.41) is 0. The molecule has 1 aromatic carbocycles. The monoisotopic (exact) mass is 306 g/mol. The van der Waals surface area contributed by atoms with Crippen LogP contribution in [0.25, 0.3) is 0 Å². The van der Waals surface area contributed by atoms with Gasteiger partial charge in [-0.25, -0.2) is 13.1 Å². The van der Waals surface area contributed by atoms with Gasteiger partial charge >= 0.3 is 0 Å². The number of hydrogen-bond acceptors (Lipinski definition) is 3. The first kappa shape index (κ1) is 15.9. The van der Waals surface area contributed by atoms with E-state index in [0.29, 0.717) is 17.9 Å². The fourth-order valence-electron chi connectivity index (χ4n) is 2.11. The second kappa shape index (κ2) is 6.12. The Kier molecular flexibility index (Phi) is 4.64. The van der Waals surface area contributed by atoms with E-state index in [9.17, 15) is 8.42 Å². The number of nitrogens with one attached hydrogen (secondary N) is 1. The van der Waals surface area contributed by atoms with Gasteiger partial charge in [0.05, 0.1) is 4.90 Å². The van der Waals surface area contributed by atoms with Crippen LogP contribution >= 0.6 is 0 Å². The molecule has 1 heterocycles. The molecule has 0 unspecified atom stereocenters. The molecule has 1 aromatic rings. The molecular weight excluding hydrogens is 284 g/mol. The second-order valence-corrected chi connectivity index (χ2v) is 7.93. The van der Waals surface area contributed by atoms with Crippen molar-refractivity contribution in [1.29, 1.82) is 0 Å². The standard InChI is InChI=1S/C16H22N2O2S/c1-16(2,3)13-6-8-15(9-7-13)21(19,20)18-12-10-14-5-4-11-17-14/h5-9,11,18H,4,10,12H2,1-3H3. The van der Waals surface area contributed by atoms with Crippen molar-refractivity contribution in [2.24, 2.45) is 4.99 Å². The fourth-order valence-corrected chi connectivity index (χ4v) is 3.14. The molecule has 0 radical (unpaired) electrons. The van der Waals surface area contributed by atoms with Crippen LogP contribution in [0.1, 0.15) is 39.2 Å². The molecule has 0 saturated heterocycles. The Bertz CT molecular complexity index is 651. The van der Waals surface area contributed by atoms with Crippen molar-refractivity contribution in [3.05, 3.63) is 41.6 Å². The van der Waals surface area contributed by atoms with E-state index in [1.165, 1.54) is 0 Å². The third-order valence-electron chi connectivity index (χ3n) is 3.42. The van der Waals surface area contributed by atoms with Gasteiger partial charge in [0.15, 0.2) is 0 Å². The predicted molar refractivity (Wildman–Crippen MR) is 86.1 cm³/mol. The van der Waals surface area contributed by atoms with Gasteiger partial charge in [-0.05, 0) is 23.1 Å². The third kappa shape index (κ3) is 4.25. The van der Waals surface area contributed by atoms with Gasteiger partial charge < -0.3 is 0 Å². The molecule has 5 heteroatoms. The summed E-state index contributed by atoms with van der Waals surface area (Å²) in [5.41, 5.74) is 2.08. The van der Waals surface area contributed by atoms with E-state index in [2.05, 4.69) is 30.5 Å². The molecular formula is C16H22N2O2S. The molecule has 0 amide bonds. The van der Waals surface area contributed by atoms with Gasteiger partial charge in [0.1, 0.15) is 0 Å². The van der Waals surface area contributed by atoms with Crippen molar-refractivity contribution in [3.63, 3.8) is 0 Å². The highest BCUT2D eigenvalue weighted by molar-refractivity contribution is 7.89. The van der Waals surface area contributed by atoms with E-state index in [4.69, 9.17) is 0 Å². The molecule has 2 rings (SSSR count). The van der Waals surface area contributed by atoms with Gasteiger partial charge in [-0.2, -0.15) is 0 Å². The van der Waals surface area contributed by atoms with Crippen LogP contribution in [0.4, 0.5) is 0 Å². The van der Waals surface area contributed by atoms with Gasteiger partial charge in [0, 0.05) is 31.3 Å². The Balaban J connectivity index is 2.00. The lowest BCUT2D eigenvalue weighted by Crippen LogP contribution is -2.25. The van der Waals surface area contributed by atoms with E-state index in [1.807, 2.05) is 24.4 Å². The highest BCUT2D eigenvalue weighted by atomic mass is 32.2. The van der Waals surface area contributed by atoms with Gasteiger partial charge in [0.25, 0.3) is 0 Å². The quantitative estimate of drug-likeness (QED) is 0.909. The summed E-state index contributed by atoms with van der Waals surface area (Å²) in [6.45, 7) is 6.67. The Morgan fingerprint density at radius 2 is 1.86 bits per heavy atom. The van der Waals surface area contributed by atoms with Crippen molar-refractivity contribution in [2.45, 2.75) is 43.9 Å². The lowest BCUT2D eigenvalue weighted by molar-refractivity contribution is 0.578. The molecule has 0 aliphatic carbocycles. The third-order valence-corrected chi connectivity index (χ3v) is 4.90. The number of rotatable bonds is 5. The van der Waals surface area contributed by atoms with Crippen LogP contribution < -0.4 is 4.72 Å². The first-order chi connectivity index (χ1) is 9.79. The molecule has 21 heavy (non-hydrogen) atoms. The van der Waals surface area contributed by atoms with E-state index in [1.54, 1.807) is 12.1 Å². The van der Waals surface area contributed by atoms with Crippen molar-refractivity contribution >= 4 is 16.2 Å². The summed E-state index contributed by atoms with van der Waals surface area (Å²) >= 11 is 0. The second-order valence-electron chi connectivity index (χ2n) is 6.16. The highest BCUT2D eigenvalue weighted by Crippen LogP contribution is 2.23. The highest BCUT2D eigenvalue weighted by Gasteiger charge is 2.17. The van der Waals surface area contributed by atoms with Crippen LogP contribution in [0.5, 0.6) is 0 Å². The molecule has 1 aliphatic rings. The average molecular weight is 306 g/mol. The summed E-state index contributed by atoms with van der Waals surface area (Å²) in [7, 11) is -3.44. The van der Waals surface area contributed by atoms with Crippen molar-refractivity contribution in [2.75, 3.05) is 6.54 Å². The van der Waals surface area contributed by atoms with Crippen LogP contribution in [-0.4, -0.2) is 21.2 Å². The lowest BCUT2D eigenvalue weighted by Gasteiger charge is -2.19. The molecule has 0 atom stereocenters. The van der Waals surface area contributed by atoms with Crippen LogP contribution in [-0.2, 0) is 15.4 Å². The van der Waals surface area contributed by atoms with Crippen molar-refractivity contribution in [3.8, 4) is 0 Å². The topological polar surface area (TPSA) is 58.5 Å². The minimum Gasteiger partial charge on any atom is -0.266 e. The minimum atomic E-state index is -3.44. The molecule has 114 valence electrons. The summed E-state index contributed by atoms with van der Waals surface area (Å²) in [6, 6.07) is 7.07. The van der Waals surface area contributed by atoms with Crippen molar-refractivity contribution < 1.29 is 8.42 Å². The van der Waals surface area contributed by atoms with Crippen LogP contribution in [0.2, 0.25) is 0 Å². The Morgan fingerprint density at radius 3 is 2.38 bits per heavy atom. The number of allylic oxidation sites excluding steroid dienone is 1. The number of benzene rings is 1. The smallest absolute Gasteiger partial charge is 0.240 e. The van der Waals surface area contributed by atoms with Crippen LogP contribution in [0, 0.1) is 0 Å². The first-order valence-corrected chi connectivity index (χ1v) is 8.59. The molecule has 0 aromatic heterocycles. The SMILES string of the molecule is CC(C)(C)c1ccc(S(=O)(=O)NCCC2=CCC=N2)cc1. The Hall–Kier alpha value is -1.46. The first-order valence-electron chi connectivity index (χ1n) is 7.11. The Morgan fingerprint density at radius 1 is 1.19 bits per heavy atom. The fraction of sp³-hybridized carbons (Fsp3) is 0.438. The number of aliphatic imine (C=N–C) groups is 1. The van der Waals surface area contributed by atoms with Crippen LogP contribution in [0.3, 0.4) is 0 Å². The maximum atomic E-state index is 12.2. The van der Waals surface area contributed by atoms with Gasteiger partial charge in [0.2, 0.25) is 10.0 Å². The zero-order valence-corrected chi connectivity index (χ0v) is 13.6. The van der Waals surface area contributed by atoms with Crippen LogP contribution in [0.15, 0.2) is 45.9 Å². The van der Waals surface area contributed by atoms with E-state index < -0.39 is 10.0 Å². The number of sulfonamides is 1. The normalized spacial score (nSPS) is 15.3. The zero-order valence-electron chi connectivity index (χ0n) is 12.8. The molecule has 4 nitrogen and oxygen atoms in total. The maximum absolute atomic E-state index is 12.2.